The summed E-state index contributed by atoms with van der Waals surface area (Å²) >= 11 is 0. The Hall–Kier alpha value is -3.45. The number of rotatable bonds is 6. The Morgan fingerprint density at radius 2 is 2.21 bits per heavy atom. The fourth-order valence-corrected chi connectivity index (χ4v) is 4.30. The molecule has 0 bridgehead atoms. The van der Waals surface area contributed by atoms with Crippen LogP contribution in [-0.4, -0.2) is 81.7 Å². The molecule has 5 rings (SSSR count). The summed E-state index contributed by atoms with van der Waals surface area (Å²) in [4.78, 5) is 22.7. The van der Waals surface area contributed by atoms with Crippen molar-refractivity contribution >= 4 is 17.2 Å². The van der Waals surface area contributed by atoms with Crippen LogP contribution in [0, 0.1) is 0 Å². The van der Waals surface area contributed by atoms with Gasteiger partial charge in [0.1, 0.15) is 23.6 Å². The van der Waals surface area contributed by atoms with Crippen LogP contribution in [0.3, 0.4) is 0 Å². The number of fused-ring (bicyclic) bond motifs is 1. The Bertz CT molecular complexity index is 1340. The molecule has 13 heteroatoms. The summed E-state index contributed by atoms with van der Waals surface area (Å²) in [5.41, 5.74) is 7.56. The SMILES string of the molecule is [2H]C([2H])([2H])Oc1ncc(-c2cc(CN3CC(F)(F)C3)c3c(N)ncnn23)cc1C(=O)N[C@@H]1CNC[C@@H]1F. The normalized spacial score (nSPS) is 23.7. The molecule has 2 saturated heterocycles. The molecule has 1 amide bonds. The van der Waals surface area contributed by atoms with Crippen LogP contribution in [0.2, 0.25) is 0 Å². The van der Waals surface area contributed by atoms with Gasteiger partial charge in [-0.1, -0.05) is 0 Å². The Kier molecular flexibility index (Phi) is 4.67. The number of ether oxygens (including phenoxy) is 1. The summed E-state index contributed by atoms with van der Waals surface area (Å²) in [5.74, 6) is -3.86. The van der Waals surface area contributed by atoms with Gasteiger partial charge in [0, 0.05) is 31.4 Å². The molecule has 2 aliphatic heterocycles. The average molecular weight is 479 g/mol. The predicted molar refractivity (Wildman–Crippen MR) is 116 cm³/mol. The summed E-state index contributed by atoms with van der Waals surface area (Å²) in [5, 5.41) is 9.58. The molecule has 3 aromatic rings. The molecule has 0 aliphatic carbocycles. The highest BCUT2D eigenvalue weighted by atomic mass is 19.3. The highest BCUT2D eigenvalue weighted by Crippen LogP contribution is 2.33. The number of likely N-dealkylation sites (tertiary alicyclic amines) is 1. The van der Waals surface area contributed by atoms with Gasteiger partial charge in [-0.3, -0.25) is 9.69 Å². The largest absolute Gasteiger partial charge is 0.480 e. The third-order valence-electron chi connectivity index (χ3n) is 5.91. The van der Waals surface area contributed by atoms with Gasteiger partial charge in [-0.05, 0) is 17.7 Å². The van der Waals surface area contributed by atoms with Crippen molar-refractivity contribution < 1.29 is 26.8 Å². The second-order valence-corrected chi connectivity index (χ2v) is 8.39. The van der Waals surface area contributed by atoms with Crippen molar-refractivity contribution in [2.45, 2.75) is 24.7 Å². The van der Waals surface area contributed by atoms with Gasteiger partial charge in [-0.25, -0.2) is 27.7 Å². The molecule has 0 aromatic carbocycles. The molecule has 5 heterocycles. The van der Waals surface area contributed by atoms with Crippen LogP contribution < -0.4 is 21.1 Å². The number of nitrogens with two attached hydrogens (primary N) is 1. The van der Waals surface area contributed by atoms with E-state index in [-0.39, 0.29) is 31.0 Å². The number of nitrogens with one attached hydrogen (secondary N) is 2. The van der Waals surface area contributed by atoms with E-state index in [1.165, 1.54) is 23.1 Å². The number of pyridine rings is 1. The highest BCUT2D eigenvalue weighted by Gasteiger charge is 2.43. The molecule has 2 fully saturated rings. The van der Waals surface area contributed by atoms with Gasteiger partial charge in [0.25, 0.3) is 11.8 Å². The minimum absolute atomic E-state index is 0.0743. The number of hydrogen-bond acceptors (Lipinski definition) is 8. The third-order valence-corrected chi connectivity index (χ3v) is 5.91. The highest BCUT2D eigenvalue weighted by molar-refractivity contribution is 5.98. The van der Waals surface area contributed by atoms with Crippen LogP contribution in [-0.2, 0) is 6.54 Å². The zero-order chi connectivity index (χ0) is 26.5. The minimum Gasteiger partial charge on any atom is -0.480 e. The Balaban J connectivity index is 1.54. The van der Waals surface area contributed by atoms with Crippen LogP contribution in [0.5, 0.6) is 5.88 Å². The number of aromatic nitrogens is 4. The second-order valence-electron chi connectivity index (χ2n) is 8.39. The standard InChI is InChI=1S/C21H23F3N8O2/c1-34-20-13(19(33)30-15-6-26-5-14(15)22)2-11(4-27-20)16-3-12(7-31-8-21(23,24)9-31)17-18(25)28-10-29-32(16)17/h2-4,10,14-15,26H,5-9H2,1H3,(H,30,33)(H2,25,28,29)/t14-,15+/m0/s1/i1D3. The smallest absolute Gasteiger partial charge is 0.272 e. The predicted octanol–water partition coefficient (Wildman–Crippen LogP) is 0.873. The lowest BCUT2D eigenvalue weighted by molar-refractivity contribution is -0.133. The van der Waals surface area contributed by atoms with Crippen molar-refractivity contribution in [3.8, 4) is 17.1 Å². The Morgan fingerprint density at radius 1 is 1.38 bits per heavy atom. The number of carbonyl (C=O) groups excluding carboxylic acids is 1. The number of methoxy groups -OCH3 is 1. The van der Waals surface area contributed by atoms with Gasteiger partial charge in [-0.2, -0.15) is 5.10 Å². The van der Waals surface area contributed by atoms with E-state index in [1.807, 2.05) is 0 Å². The Labute approximate surface area is 196 Å². The van der Waals surface area contributed by atoms with Crippen LogP contribution >= 0.6 is 0 Å². The molecule has 2 atom stereocenters. The number of amides is 1. The van der Waals surface area contributed by atoms with E-state index < -0.39 is 50.1 Å². The van der Waals surface area contributed by atoms with E-state index >= 15 is 0 Å². The maximum atomic E-state index is 14.1. The molecule has 0 spiro atoms. The average Bonchev–Trinajstić information content (AvgIpc) is 3.36. The van der Waals surface area contributed by atoms with Gasteiger partial charge < -0.3 is 21.1 Å². The number of hydrogen-bond donors (Lipinski definition) is 3. The number of halogens is 3. The first-order chi connectivity index (χ1) is 17.4. The first-order valence-corrected chi connectivity index (χ1v) is 10.5. The van der Waals surface area contributed by atoms with E-state index in [4.69, 9.17) is 14.6 Å². The van der Waals surface area contributed by atoms with E-state index in [1.54, 1.807) is 11.0 Å². The summed E-state index contributed by atoms with van der Waals surface area (Å²) in [6, 6.07) is 2.19. The zero-order valence-corrected chi connectivity index (χ0v) is 17.8. The minimum atomic E-state index is -2.89. The monoisotopic (exact) mass is 479 g/mol. The second kappa shape index (κ2) is 8.40. The molecular weight excluding hydrogens is 453 g/mol. The third kappa shape index (κ3) is 4.01. The van der Waals surface area contributed by atoms with Gasteiger partial charge in [0.2, 0.25) is 5.88 Å². The van der Waals surface area contributed by atoms with Gasteiger partial charge in [0.15, 0.2) is 5.82 Å². The van der Waals surface area contributed by atoms with Crippen molar-refractivity contribution in [1.29, 1.82) is 0 Å². The maximum Gasteiger partial charge on any atom is 0.272 e. The first-order valence-electron chi connectivity index (χ1n) is 12.0. The van der Waals surface area contributed by atoms with E-state index in [0.717, 1.165) is 0 Å². The molecule has 0 unspecified atom stereocenters. The van der Waals surface area contributed by atoms with Crippen LogP contribution in [0.15, 0.2) is 24.7 Å². The lowest BCUT2D eigenvalue weighted by atomic mass is 10.1. The van der Waals surface area contributed by atoms with Crippen molar-refractivity contribution in [2.24, 2.45) is 0 Å². The molecule has 0 radical (unpaired) electrons. The van der Waals surface area contributed by atoms with Gasteiger partial charge >= 0.3 is 0 Å². The lowest BCUT2D eigenvalue weighted by Gasteiger charge is -2.38. The van der Waals surface area contributed by atoms with E-state index in [9.17, 15) is 18.0 Å². The first kappa shape index (κ1) is 18.9. The summed E-state index contributed by atoms with van der Waals surface area (Å²) < 4.78 is 69.4. The number of nitrogen functional groups attached to an aromatic ring is 1. The van der Waals surface area contributed by atoms with Gasteiger partial charge in [0.05, 0.1) is 36.0 Å². The summed E-state index contributed by atoms with van der Waals surface area (Å²) in [6.45, 7) is -0.360. The van der Waals surface area contributed by atoms with Crippen molar-refractivity contribution in [1.82, 2.24) is 35.1 Å². The number of alkyl halides is 3. The molecule has 3 aromatic heterocycles. The summed E-state index contributed by atoms with van der Waals surface area (Å²) in [6.07, 6.45) is 1.18. The number of nitrogens with zero attached hydrogens (tertiary/aromatic N) is 5. The van der Waals surface area contributed by atoms with Crippen LogP contribution in [0.1, 0.15) is 20.0 Å². The molecule has 180 valence electrons. The van der Waals surface area contributed by atoms with Crippen molar-refractivity contribution in [3.05, 3.63) is 35.8 Å². The van der Waals surface area contributed by atoms with Crippen LogP contribution in [0.25, 0.3) is 16.8 Å². The Morgan fingerprint density at radius 3 is 2.91 bits per heavy atom. The number of anilines is 1. The molecular formula is C21H23F3N8O2. The lowest BCUT2D eigenvalue weighted by Crippen LogP contribution is -2.55. The van der Waals surface area contributed by atoms with Crippen LogP contribution in [0.4, 0.5) is 19.0 Å². The van der Waals surface area contributed by atoms with E-state index in [0.29, 0.717) is 22.3 Å². The quantitative estimate of drug-likeness (QED) is 0.476. The number of carbonyl (C=O) groups is 1. The van der Waals surface area contributed by atoms with E-state index in [2.05, 4.69) is 25.7 Å². The summed E-state index contributed by atoms with van der Waals surface area (Å²) in [7, 11) is -2.89. The molecule has 10 nitrogen and oxygen atoms in total. The van der Waals surface area contributed by atoms with Gasteiger partial charge in [-0.15, -0.1) is 0 Å². The van der Waals surface area contributed by atoms with Crippen molar-refractivity contribution in [3.63, 3.8) is 0 Å². The maximum absolute atomic E-state index is 14.1. The van der Waals surface area contributed by atoms with Crippen molar-refractivity contribution in [2.75, 3.05) is 39.0 Å². The fraction of sp³-hybridized carbons (Fsp3) is 0.429. The fourth-order valence-electron chi connectivity index (χ4n) is 4.30. The zero-order valence-electron chi connectivity index (χ0n) is 20.8. The molecule has 34 heavy (non-hydrogen) atoms. The molecule has 2 aliphatic rings. The topological polar surface area (TPSA) is 123 Å². The molecule has 0 saturated carbocycles. The molecule has 4 N–H and O–H groups in total.